The van der Waals surface area contributed by atoms with Crippen LogP contribution in [0.1, 0.15) is 49.2 Å². The lowest BCUT2D eigenvalue weighted by Gasteiger charge is -2.23. The van der Waals surface area contributed by atoms with Crippen molar-refractivity contribution in [1.82, 2.24) is 14.6 Å². The highest BCUT2D eigenvalue weighted by atomic mass is 16.5. The third-order valence-corrected chi connectivity index (χ3v) is 7.24. The van der Waals surface area contributed by atoms with Crippen LogP contribution in [-0.2, 0) is 11.3 Å². The van der Waals surface area contributed by atoms with Crippen molar-refractivity contribution in [1.29, 1.82) is 0 Å². The maximum absolute atomic E-state index is 14.0. The highest BCUT2D eigenvalue weighted by molar-refractivity contribution is 6.05. The normalized spacial score (nSPS) is 15.4. The van der Waals surface area contributed by atoms with Crippen LogP contribution in [0.25, 0.3) is 21.8 Å². The van der Waals surface area contributed by atoms with Crippen molar-refractivity contribution in [2.24, 2.45) is 5.10 Å². The molecule has 0 bridgehead atoms. The molecule has 0 saturated carbocycles. The first-order valence-electron chi connectivity index (χ1n) is 13.0. The van der Waals surface area contributed by atoms with Crippen LogP contribution in [-0.4, -0.2) is 33.3 Å². The first-order valence-corrected chi connectivity index (χ1v) is 13.0. The topological polar surface area (TPSA) is 59.7 Å². The monoisotopic (exact) mass is 502 g/mol. The lowest BCUT2D eigenvalue weighted by molar-refractivity contribution is -0.133. The molecule has 0 N–H and O–H groups in total. The summed E-state index contributed by atoms with van der Waals surface area (Å²) in [6.45, 7) is 4.39. The highest BCUT2D eigenvalue weighted by Crippen LogP contribution is 2.35. The molecule has 0 aliphatic carbocycles. The third-order valence-electron chi connectivity index (χ3n) is 7.24. The number of hydrogen-bond acceptors (Lipinski definition) is 4. The number of amides is 1. The summed E-state index contributed by atoms with van der Waals surface area (Å²) in [5, 5.41) is 8.95. The lowest BCUT2D eigenvalue weighted by Crippen LogP contribution is -2.31. The van der Waals surface area contributed by atoms with E-state index in [9.17, 15) is 4.79 Å². The van der Waals surface area contributed by atoms with Crippen LogP contribution >= 0.6 is 0 Å². The van der Waals surface area contributed by atoms with Gasteiger partial charge in [0, 0.05) is 12.3 Å². The molecule has 2 heterocycles. The van der Waals surface area contributed by atoms with Crippen LogP contribution < -0.4 is 4.74 Å². The second-order valence-electron chi connectivity index (χ2n) is 10.0. The van der Waals surface area contributed by atoms with Crippen molar-refractivity contribution >= 4 is 33.4 Å². The molecule has 0 fully saturated rings. The molecule has 38 heavy (non-hydrogen) atoms. The van der Waals surface area contributed by atoms with Crippen LogP contribution in [0, 0.1) is 0 Å². The first-order chi connectivity index (χ1) is 18.5. The summed E-state index contributed by atoms with van der Waals surface area (Å²) in [6.07, 6.45) is 0.637. The van der Waals surface area contributed by atoms with E-state index >= 15 is 0 Å². The fourth-order valence-electron chi connectivity index (χ4n) is 5.28. The molecule has 1 aromatic heterocycles. The summed E-state index contributed by atoms with van der Waals surface area (Å²) < 4.78 is 7.40. The number of aromatic nitrogens is 2. The van der Waals surface area contributed by atoms with E-state index in [0.717, 1.165) is 44.8 Å². The summed E-state index contributed by atoms with van der Waals surface area (Å²) >= 11 is 0. The van der Waals surface area contributed by atoms with E-state index in [2.05, 4.69) is 44.2 Å². The standard InChI is InChI=1S/C32H30N4O2/c1-21(2)32-33-27-10-6-7-11-29(27)35(32)20-31(37)36-30(23-14-16-26(38-3)17-15-23)19-28(34-36)25-13-12-22-8-4-5-9-24(22)18-25/h4-18,21,30H,19-20H2,1-3H3. The lowest BCUT2D eigenvalue weighted by atomic mass is 9.97. The predicted molar refractivity (Wildman–Crippen MR) is 152 cm³/mol. The number of hydrogen-bond donors (Lipinski definition) is 0. The van der Waals surface area contributed by atoms with Gasteiger partial charge in [-0.1, -0.05) is 74.5 Å². The van der Waals surface area contributed by atoms with Crippen molar-refractivity contribution in [3.63, 3.8) is 0 Å². The van der Waals surface area contributed by atoms with Gasteiger partial charge in [0.25, 0.3) is 5.91 Å². The molecule has 5 aromatic rings. The van der Waals surface area contributed by atoms with Crippen LogP contribution in [0.5, 0.6) is 5.75 Å². The van der Waals surface area contributed by atoms with Gasteiger partial charge < -0.3 is 9.30 Å². The molecule has 0 spiro atoms. The Kier molecular flexibility index (Phi) is 6.16. The fourth-order valence-corrected chi connectivity index (χ4v) is 5.28. The number of carbonyl (C=O) groups excluding carboxylic acids is 1. The number of para-hydroxylation sites is 2. The molecule has 1 unspecified atom stereocenters. The maximum atomic E-state index is 14.0. The third kappa shape index (κ3) is 4.32. The summed E-state index contributed by atoms with van der Waals surface area (Å²) in [4.78, 5) is 18.8. The molecule has 0 radical (unpaired) electrons. The smallest absolute Gasteiger partial charge is 0.263 e. The molecule has 4 aromatic carbocycles. The molecule has 1 aliphatic rings. The Morgan fingerprint density at radius 2 is 1.68 bits per heavy atom. The van der Waals surface area contributed by atoms with Crippen molar-refractivity contribution in [2.75, 3.05) is 7.11 Å². The number of nitrogens with zero attached hydrogens (tertiary/aromatic N) is 4. The summed E-state index contributed by atoms with van der Waals surface area (Å²) in [5.74, 6) is 1.81. The average molecular weight is 503 g/mol. The summed E-state index contributed by atoms with van der Waals surface area (Å²) in [5.41, 5.74) is 4.83. The number of carbonyl (C=O) groups is 1. The van der Waals surface area contributed by atoms with Gasteiger partial charge in [-0.15, -0.1) is 0 Å². The number of rotatable bonds is 6. The van der Waals surface area contributed by atoms with Crippen molar-refractivity contribution in [2.45, 2.75) is 38.8 Å². The number of hydrazone groups is 1. The predicted octanol–water partition coefficient (Wildman–Crippen LogP) is 6.70. The molecule has 6 rings (SSSR count). The molecule has 1 amide bonds. The molecule has 1 aliphatic heterocycles. The molecular weight excluding hydrogens is 472 g/mol. The molecular formula is C32H30N4O2. The average Bonchev–Trinajstić information content (AvgIpc) is 3.56. The molecule has 190 valence electrons. The van der Waals surface area contributed by atoms with Crippen molar-refractivity contribution in [3.05, 3.63) is 108 Å². The summed E-state index contributed by atoms with van der Waals surface area (Å²) in [6, 6.07) is 30.4. The zero-order valence-corrected chi connectivity index (χ0v) is 21.8. The van der Waals surface area contributed by atoms with Gasteiger partial charge in [0.15, 0.2) is 0 Å². The van der Waals surface area contributed by atoms with Gasteiger partial charge in [-0.2, -0.15) is 5.10 Å². The molecule has 6 heteroatoms. The zero-order valence-electron chi connectivity index (χ0n) is 21.8. The van der Waals surface area contributed by atoms with Gasteiger partial charge >= 0.3 is 0 Å². The quantitative estimate of drug-likeness (QED) is 0.260. The van der Waals surface area contributed by atoms with E-state index in [-0.39, 0.29) is 24.4 Å². The van der Waals surface area contributed by atoms with Crippen LogP contribution in [0.15, 0.2) is 96.1 Å². The van der Waals surface area contributed by atoms with E-state index in [0.29, 0.717) is 6.42 Å². The number of methoxy groups -OCH3 is 1. The van der Waals surface area contributed by atoms with Gasteiger partial charge in [0.1, 0.15) is 18.1 Å². The fraction of sp³-hybridized carbons (Fsp3) is 0.219. The van der Waals surface area contributed by atoms with Crippen molar-refractivity contribution < 1.29 is 9.53 Å². The minimum Gasteiger partial charge on any atom is -0.497 e. The molecule has 1 atom stereocenters. The van der Waals surface area contributed by atoms with E-state index in [1.165, 1.54) is 5.39 Å². The minimum absolute atomic E-state index is 0.0633. The Morgan fingerprint density at radius 1 is 0.947 bits per heavy atom. The first kappa shape index (κ1) is 23.9. The molecule has 0 saturated heterocycles. The molecule has 6 nitrogen and oxygen atoms in total. The van der Waals surface area contributed by atoms with Crippen LogP contribution in [0.4, 0.5) is 0 Å². The number of benzene rings is 4. The van der Waals surface area contributed by atoms with Crippen LogP contribution in [0.3, 0.4) is 0 Å². The van der Waals surface area contributed by atoms with E-state index in [1.54, 1.807) is 12.1 Å². The number of fused-ring (bicyclic) bond motifs is 2. The van der Waals surface area contributed by atoms with Gasteiger partial charge in [-0.3, -0.25) is 4.79 Å². The second kappa shape index (κ2) is 9.78. The largest absolute Gasteiger partial charge is 0.497 e. The van der Waals surface area contributed by atoms with Gasteiger partial charge in [-0.05, 0) is 52.2 Å². The van der Waals surface area contributed by atoms with E-state index in [1.807, 2.05) is 65.2 Å². The Hall–Kier alpha value is -4.45. The minimum atomic E-state index is -0.202. The zero-order chi connectivity index (χ0) is 26.2. The van der Waals surface area contributed by atoms with Gasteiger partial charge in [0.05, 0.1) is 29.9 Å². The van der Waals surface area contributed by atoms with E-state index < -0.39 is 0 Å². The Bertz CT molecular complexity index is 1670. The number of imidazole rings is 1. The SMILES string of the molecule is COc1ccc(C2CC(c3ccc4ccccc4c3)=NN2C(=O)Cn2c(C(C)C)nc3ccccc32)cc1. The highest BCUT2D eigenvalue weighted by Gasteiger charge is 2.34. The Morgan fingerprint density at radius 3 is 2.45 bits per heavy atom. The number of ether oxygens (including phenoxy) is 1. The Balaban J connectivity index is 1.39. The second-order valence-corrected chi connectivity index (χ2v) is 10.0. The van der Waals surface area contributed by atoms with E-state index in [4.69, 9.17) is 14.8 Å². The maximum Gasteiger partial charge on any atom is 0.263 e. The van der Waals surface area contributed by atoms with Gasteiger partial charge in [0.2, 0.25) is 0 Å². The van der Waals surface area contributed by atoms with Crippen LogP contribution in [0.2, 0.25) is 0 Å². The van der Waals surface area contributed by atoms with Crippen molar-refractivity contribution in [3.8, 4) is 5.75 Å². The summed E-state index contributed by atoms with van der Waals surface area (Å²) in [7, 11) is 1.66. The van der Waals surface area contributed by atoms with Gasteiger partial charge in [-0.25, -0.2) is 9.99 Å². The Labute approximate surface area is 222 Å².